The van der Waals surface area contributed by atoms with Gasteiger partial charge in [0, 0.05) is 43.6 Å². The first-order chi connectivity index (χ1) is 13.8. The van der Waals surface area contributed by atoms with Crippen molar-refractivity contribution in [3.05, 3.63) is 28.7 Å². The normalized spacial score (nSPS) is 29.6. The molecule has 3 N–H and O–H groups in total. The summed E-state index contributed by atoms with van der Waals surface area (Å²) in [5, 5.41) is 2.08. The van der Waals surface area contributed by atoms with Gasteiger partial charge in [-0.25, -0.2) is 8.42 Å². The molecule has 3 aliphatic rings. The lowest BCUT2D eigenvalue weighted by Gasteiger charge is -2.37. The fourth-order valence-corrected chi connectivity index (χ4v) is 6.58. The van der Waals surface area contributed by atoms with Gasteiger partial charge in [0.05, 0.1) is 11.8 Å². The van der Waals surface area contributed by atoms with Gasteiger partial charge >= 0.3 is 0 Å². The average molecular weight is 424 g/mol. The van der Waals surface area contributed by atoms with Gasteiger partial charge in [0.1, 0.15) is 0 Å². The van der Waals surface area contributed by atoms with Crippen molar-refractivity contribution in [2.45, 2.75) is 49.9 Å². The summed E-state index contributed by atoms with van der Waals surface area (Å²) in [5.74, 6) is 0.133. The molecule has 1 amide bonds. The number of aromatic nitrogens is 1. The summed E-state index contributed by atoms with van der Waals surface area (Å²) in [5.41, 5.74) is 6.42. The number of rotatable bonds is 6. The van der Waals surface area contributed by atoms with Crippen molar-refractivity contribution < 1.29 is 13.2 Å². The first-order valence-electron chi connectivity index (χ1n) is 10.2. The Hall–Kier alpha value is -1.75. The van der Waals surface area contributed by atoms with E-state index in [9.17, 15) is 18.0 Å². The molecule has 2 aliphatic carbocycles. The summed E-state index contributed by atoms with van der Waals surface area (Å²) in [4.78, 5) is 24.6. The Morgan fingerprint density at radius 2 is 2.10 bits per heavy atom. The van der Waals surface area contributed by atoms with Crippen LogP contribution in [-0.2, 0) is 14.8 Å². The summed E-state index contributed by atoms with van der Waals surface area (Å²) in [6.07, 6.45) is 5.25. The van der Waals surface area contributed by atoms with Crippen molar-refractivity contribution in [1.29, 1.82) is 0 Å². The number of nitrogens with one attached hydrogen (secondary N) is 3. The zero-order chi connectivity index (χ0) is 20.8. The van der Waals surface area contributed by atoms with Crippen molar-refractivity contribution in [2.75, 3.05) is 25.5 Å². The first-order valence-corrected chi connectivity index (χ1v) is 11.7. The minimum absolute atomic E-state index is 0.142. The highest BCUT2D eigenvalue weighted by Gasteiger charge is 2.46. The number of hydrogen-bond donors (Lipinski definition) is 3. The van der Waals surface area contributed by atoms with E-state index >= 15 is 0 Å². The monoisotopic (exact) mass is 423 g/mol. The van der Waals surface area contributed by atoms with E-state index in [1.807, 2.05) is 0 Å². The number of anilines is 1. The van der Waals surface area contributed by atoms with Crippen LogP contribution >= 0.6 is 0 Å². The van der Waals surface area contributed by atoms with Crippen LogP contribution in [0.5, 0.6) is 0 Å². The molecule has 1 aliphatic heterocycles. The number of hydrazine groups is 1. The second kappa shape index (κ2) is 7.82. The molecule has 4 unspecified atom stereocenters. The van der Waals surface area contributed by atoms with E-state index in [1.54, 1.807) is 16.8 Å². The van der Waals surface area contributed by atoms with Crippen LogP contribution in [0.15, 0.2) is 23.1 Å². The third-order valence-corrected chi connectivity index (χ3v) is 8.49. The number of pyridine rings is 1. The summed E-state index contributed by atoms with van der Waals surface area (Å²) in [7, 11) is -2.21. The lowest BCUT2D eigenvalue weighted by molar-refractivity contribution is -0.116. The zero-order valence-corrected chi connectivity index (χ0v) is 17.6. The minimum Gasteiger partial charge on any atom is -0.325 e. The van der Waals surface area contributed by atoms with Gasteiger partial charge in [-0.2, -0.15) is 4.31 Å². The molecule has 4 atom stereocenters. The second-order valence-corrected chi connectivity index (χ2v) is 10.9. The number of carbonyl (C=O) groups is 1. The Morgan fingerprint density at radius 1 is 1.34 bits per heavy atom. The molecule has 2 heterocycles. The molecule has 2 saturated carbocycles. The standard InChI is InChI=1S/C19H29N5O4S/c1-12-7-13-10-20-22-19(13)16(8-12)29(27,28)23(2)11-17(25)21-14-5-6-24(15-3-4-15)18(26)9-14/h5-6,9,12-13,15-16,19-20,22H,3-4,7-8,10-11H2,1-2H3,(H,21,25). The Balaban J connectivity index is 1.41. The number of hydrogen-bond acceptors (Lipinski definition) is 6. The van der Waals surface area contributed by atoms with E-state index in [-0.39, 0.29) is 30.1 Å². The predicted molar refractivity (Wildman–Crippen MR) is 110 cm³/mol. The van der Waals surface area contributed by atoms with Gasteiger partial charge < -0.3 is 9.88 Å². The Kier molecular flexibility index (Phi) is 5.54. The van der Waals surface area contributed by atoms with Crippen LogP contribution in [0.25, 0.3) is 0 Å². The lowest BCUT2D eigenvalue weighted by Crippen LogP contribution is -2.53. The van der Waals surface area contributed by atoms with Gasteiger partial charge in [-0.3, -0.25) is 20.4 Å². The van der Waals surface area contributed by atoms with Crippen molar-refractivity contribution in [1.82, 2.24) is 19.7 Å². The molecule has 1 aromatic rings. The van der Waals surface area contributed by atoms with Gasteiger partial charge in [0.15, 0.2) is 0 Å². The van der Waals surface area contributed by atoms with Gasteiger partial charge in [0.2, 0.25) is 15.9 Å². The second-order valence-electron chi connectivity index (χ2n) is 8.67. The Labute approximate surface area is 170 Å². The fraction of sp³-hybridized carbons (Fsp3) is 0.684. The van der Waals surface area contributed by atoms with Crippen LogP contribution in [0.2, 0.25) is 0 Å². The van der Waals surface area contributed by atoms with Crippen molar-refractivity contribution in [2.24, 2.45) is 11.8 Å². The van der Waals surface area contributed by atoms with Crippen LogP contribution in [0.4, 0.5) is 5.69 Å². The molecule has 1 saturated heterocycles. The largest absolute Gasteiger partial charge is 0.325 e. The van der Waals surface area contributed by atoms with E-state index in [2.05, 4.69) is 23.1 Å². The molecule has 0 bridgehead atoms. The predicted octanol–water partition coefficient (Wildman–Crippen LogP) is 0.274. The maximum absolute atomic E-state index is 13.2. The molecule has 0 aromatic carbocycles. The van der Waals surface area contributed by atoms with Crippen molar-refractivity contribution >= 4 is 21.6 Å². The zero-order valence-electron chi connectivity index (χ0n) is 16.8. The van der Waals surface area contributed by atoms with Crippen LogP contribution in [0.1, 0.15) is 38.6 Å². The van der Waals surface area contributed by atoms with Crippen molar-refractivity contribution in [3.63, 3.8) is 0 Å². The number of nitrogens with zero attached hydrogens (tertiary/aromatic N) is 2. The fourth-order valence-electron chi connectivity index (χ4n) is 4.59. The maximum atomic E-state index is 13.2. The molecule has 1 aromatic heterocycles. The minimum atomic E-state index is -3.65. The molecular weight excluding hydrogens is 394 g/mol. The highest BCUT2D eigenvalue weighted by molar-refractivity contribution is 7.89. The topological polar surface area (TPSA) is 113 Å². The van der Waals surface area contributed by atoms with E-state index in [0.29, 0.717) is 18.0 Å². The highest BCUT2D eigenvalue weighted by atomic mass is 32.2. The Bertz CT molecular complexity index is 942. The molecule has 0 spiro atoms. The summed E-state index contributed by atoms with van der Waals surface area (Å²) >= 11 is 0. The molecule has 0 radical (unpaired) electrons. The number of carbonyl (C=O) groups excluding carboxylic acids is 1. The van der Waals surface area contributed by atoms with Crippen LogP contribution in [-0.4, -0.2) is 54.6 Å². The molecule has 9 nitrogen and oxygen atoms in total. The van der Waals surface area contributed by atoms with E-state index in [1.165, 1.54) is 13.1 Å². The van der Waals surface area contributed by atoms with E-state index < -0.39 is 21.2 Å². The number of amides is 1. The van der Waals surface area contributed by atoms with Gasteiger partial charge in [-0.1, -0.05) is 6.92 Å². The smallest absolute Gasteiger partial charge is 0.252 e. The lowest BCUT2D eigenvalue weighted by atomic mass is 9.79. The molecule has 3 fully saturated rings. The van der Waals surface area contributed by atoms with Gasteiger partial charge in [-0.15, -0.1) is 0 Å². The van der Waals surface area contributed by atoms with Gasteiger partial charge in [0.25, 0.3) is 5.56 Å². The Morgan fingerprint density at radius 3 is 2.79 bits per heavy atom. The van der Waals surface area contributed by atoms with E-state index in [0.717, 1.165) is 30.1 Å². The third-order valence-electron chi connectivity index (χ3n) is 6.24. The molecular formula is C19H29N5O4S. The summed E-state index contributed by atoms with van der Waals surface area (Å²) in [6, 6.07) is 3.18. The van der Waals surface area contributed by atoms with Gasteiger partial charge in [-0.05, 0) is 43.6 Å². The van der Waals surface area contributed by atoms with Crippen LogP contribution in [0, 0.1) is 11.8 Å². The number of fused-ring (bicyclic) bond motifs is 1. The molecule has 29 heavy (non-hydrogen) atoms. The van der Waals surface area contributed by atoms with Crippen LogP contribution < -0.4 is 21.7 Å². The molecule has 160 valence electrons. The molecule has 4 rings (SSSR count). The quantitative estimate of drug-likeness (QED) is 0.606. The highest BCUT2D eigenvalue weighted by Crippen LogP contribution is 2.35. The average Bonchev–Trinajstić information content (AvgIpc) is 3.38. The molecule has 10 heteroatoms. The SMILES string of the molecule is CC1CC2CNNC2C(S(=O)(=O)N(C)CC(=O)Nc2ccn(C3CC3)c(=O)c2)C1. The van der Waals surface area contributed by atoms with Crippen LogP contribution in [0.3, 0.4) is 0 Å². The maximum Gasteiger partial charge on any atom is 0.252 e. The number of likely N-dealkylation sites (N-methyl/N-ethyl adjacent to an activating group) is 1. The third kappa shape index (κ3) is 4.25. The summed E-state index contributed by atoms with van der Waals surface area (Å²) in [6.45, 7) is 2.55. The van der Waals surface area contributed by atoms with Crippen molar-refractivity contribution in [3.8, 4) is 0 Å². The number of sulfonamides is 1. The first kappa shape index (κ1) is 20.5. The van der Waals surface area contributed by atoms with E-state index in [4.69, 9.17) is 0 Å². The summed E-state index contributed by atoms with van der Waals surface area (Å²) < 4.78 is 29.1.